The number of methoxy groups -OCH3 is 1. The summed E-state index contributed by atoms with van der Waals surface area (Å²) in [6.07, 6.45) is -1.39. The molecule has 2 aromatic rings. The van der Waals surface area contributed by atoms with Gasteiger partial charge in [-0.15, -0.1) is 0 Å². The zero-order chi connectivity index (χ0) is 22.4. The molecule has 8 nitrogen and oxygen atoms in total. The Kier molecular flexibility index (Phi) is 7.14. The van der Waals surface area contributed by atoms with E-state index >= 15 is 0 Å². The van der Waals surface area contributed by atoms with Crippen molar-refractivity contribution >= 4 is 17.7 Å². The van der Waals surface area contributed by atoms with Gasteiger partial charge in [-0.3, -0.25) is 5.32 Å². The predicted molar refractivity (Wildman–Crippen MR) is 113 cm³/mol. The van der Waals surface area contributed by atoms with E-state index in [9.17, 15) is 9.59 Å². The summed E-state index contributed by atoms with van der Waals surface area (Å²) in [7, 11) is 1.27. The minimum atomic E-state index is -0.701. The number of hydrogen-bond donors (Lipinski definition) is 1. The van der Waals surface area contributed by atoms with Crippen molar-refractivity contribution in [3.63, 3.8) is 0 Å². The van der Waals surface area contributed by atoms with Gasteiger partial charge in [0.2, 0.25) is 0 Å². The molecule has 0 bridgehead atoms. The molecule has 1 amide bonds. The van der Waals surface area contributed by atoms with E-state index in [-0.39, 0.29) is 17.9 Å². The van der Waals surface area contributed by atoms with Crippen LogP contribution in [0, 0.1) is 0 Å². The monoisotopic (exact) mass is 429 g/mol. The molecule has 0 spiro atoms. The second kappa shape index (κ2) is 9.80. The van der Waals surface area contributed by atoms with E-state index in [1.54, 1.807) is 32.9 Å². The molecule has 0 aliphatic carbocycles. The molecule has 0 unspecified atom stereocenters. The largest absolute Gasteiger partial charge is 0.488 e. The fourth-order valence-corrected chi connectivity index (χ4v) is 2.97. The molecule has 1 aliphatic heterocycles. The van der Waals surface area contributed by atoms with Crippen LogP contribution in [0.3, 0.4) is 0 Å². The normalized spacial score (nSPS) is 14.2. The fourth-order valence-electron chi connectivity index (χ4n) is 2.97. The van der Waals surface area contributed by atoms with E-state index in [0.29, 0.717) is 24.5 Å². The van der Waals surface area contributed by atoms with Gasteiger partial charge in [-0.05, 0) is 32.4 Å². The number of carbonyl (C=O) groups is 2. The van der Waals surface area contributed by atoms with Gasteiger partial charge >= 0.3 is 12.1 Å². The van der Waals surface area contributed by atoms with E-state index < -0.39 is 24.0 Å². The van der Waals surface area contributed by atoms with E-state index in [0.717, 1.165) is 5.56 Å². The van der Waals surface area contributed by atoms with Crippen molar-refractivity contribution in [2.45, 2.75) is 39.3 Å². The predicted octanol–water partition coefficient (Wildman–Crippen LogP) is 4.44. The van der Waals surface area contributed by atoms with Gasteiger partial charge in [0.25, 0.3) is 0 Å². The van der Waals surface area contributed by atoms with E-state index in [2.05, 4.69) is 5.32 Å². The van der Waals surface area contributed by atoms with Crippen molar-refractivity contribution in [2.24, 2.45) is 0 Å². The van der Waals surface area contributed by atoms with Crippen LogP contribution in [-0.4, -0.2) is 38.0 Å². The number of esters is 1. The van der Waals surface area contributed by atoms with Crippen LogP contribution in [0.25, 0.3) is 0 Å². The third kappa shape index (κ3) is 6.19. The number of nitrogens with one attached hydrogen (secondary N) is 1. The highest BCUT2D eigenvalue weighted by Crippen LogP contribution is 2.36. The number of ether oxygens (including phenoxy) is 5. The van der Waals surface area contributed by atoms with Crippen LogP contribution < -0.4 is 10.1 Å². The standard InChI is InChI=1S/C23H27NO7/c1-23(2,3)31-22(26)24-18-13-19(30-14-15-8-6-5-7-9-15)17(21-28-10-11-29-21)12-16(18)20(25)27-4/h5-9,12-13,21H,10-11,14H2,1-4H3,(H,24,26). The van der Waals surface area contributed by atoms with Crippen molar-refractivity contribution in [3.05, 3.63) is 59.2 Å². The van der Waals surface area contributed by atoms with Crippen molar-refractivity contribution < 1.29 is 33.3 Å². The van der Waals surface area contributed by atoms with Crippen LogP contribution in [0.1, 0.15) is 48.5 Å². The average molecular weight is 429 g/mol. The summed E-state index contributed by atoms with van der Waals surface area (Å²) in [4.78, 5) is 24.8. The lowest BCUT2D eigenvalue weighted by molar-refractivity contribution is -0.0459. The topological polar surface area (TPSA) is 92.3 Å². The first-order valence-electron chi connectivity index (χ1n) is 9.93. The molecule has 31 heavy (non-hydrogen) atoms. The van der Waals surface area contributed by atoms with Crippen molar-refractivity contribution in [1.82, 2.24) is 0 Å². The molecule has 1 N–H and O–H groups in total. The summed E-state index contributed by atoms with van der Waals surface area (Å²) in [5.41, 5.74) is 1.12. The van der Waals surface area contributed by atoms with Crippen molar-refractivity contribution in [1.29, 1.82) is 0 Å². The first kappa shape index (κ1) is 22.6. The van der Waals surface area contributed by atoms with Gasteiger partial charge in [-0.2, -0.15) is 0 Å². The zero-order valence-corrected chi connectivity index (χ0v) is 18.1. The Morgan fingerprint density at radius 3 is 2.39 bits per heavy atom. The van der Waals surface area contributed by atoms with Gasteiger partial charge in [0, 0.05) is 6.07 Å². The van der Waals surface area contributed by atoms with Crippen LogP contribution in [0.2, 0.25) is 0 Å². The summed E-state index contributed by atoms with van der Waals surface area (Å²) < 4.78 is 27.5. The maximum atomic E-state index is 12.4. The number of carbonyl (C=O) groups excluding carboxylic acids is 2. The Balaban J connectivity index is 1.97. The van der Waals surface area contributed by atoms with Gasteiger partial charge in [-0.1, -0.05) is 30.3 Å². The summed E-state index contributed by atoms with van der Waals surface area (Å²) in [6.45, 7) is 6.38. The lowest BCUT2D eigenvalue weighted by Gasteiger charge is -2.22. The highest BCUT2D eigenvalue weighted by molar-refractivity contribution is 6.00. The van der Waals surface area contributed by atoms with Gasteiger partial charge in [-0.25, -0.2) is 9.59 Å². The molecule has 166 valence electrons. The van der Waals surface area contributed by atoms with E-state index in [1.807, 2.05) is 30.3 Å². The molecule has 0 radical (unpaired) electrons. The van der Waals surface area contributed by atoms with Crippen LogP contribution in [-0.2, 0) is 25.6 Å². The second-order valence-electron chi connectivity index (χ2n) is 7.90. The minimum Gasteiger partial charge on any atom is -0.488 e. The number of rotatable bonds is 6. The van der Waals surface area contributed by atoms with Crippen LogP contribution in [0.4, 0.5) is 10.5 Å². The van der Waals surface area contributed by atoms with Gasteiger partial charge in [0.1, 0.15) is 18.0 Å². The van der Waals surface area contributed by atoms with Crippen LogP contribution in [0.5, 0.6) is 5.75 Å². The number of hydrogen-bond acceptors (Lipinski definition) is 7. The van der Waals surface area contributed by atoms with Gasteiger partial charge in [0.15, 0.2) is 6.29 Å². The SMILES string of the molecule is COC(=O)c1cc(C2OCCO2)c(OCc2ccccc2)cc1NC(=O)OC(C)(C)C. The fraction of sp³-hybridized carbons (Fsp3) is 0.391. The summed E-state index contributed by atoms with van der Waals surface area (Å²) in [6, 6.07) is 12.7. The molecular formula is C23H27NO7. The number of benzene rings is 2. The summed E-state index contributed by atoms with van der Waals surface area (Å²) >= 11 is 0. The quantitative estimate of drug-likeness (QED) is 0.679. The van der Waals surface area contributed by atoms with Gasteiger partial charge < -0.3 is 23.7 Å². The lowest BCUT2D eigenvalue weighted by Crippen LogP contribution is -2.28. The minimum absolute atomic E-state index is 0.134. The lowest BCUT2D eigenvalue weighted by atomic mass is 10.1. The first-order valence-corrected chi connectivity index (χ1v) is 9.93. The van der Waals surface area contributed by atoms with E-state index in [4.69, 9.17) is 23.7 Å². The Morgan fingerprint density at radius 2 is 1.77 bits per heavy atom. The summed E-state index contributed by atoms with van der Waals surface area (Å²) in [5, 5.41) is 2.62. The van der Waals surface area contributed by atoms with Crippen molar-refractivity contribution in [2.75, 3.05) is 25.6 Å². The molecular weight excluding hydrogens is 402 g/mol. The first-order chi connectivity index (χ1) is 14.8. The third-order valence-corrected chi connectivity index (χ3v) is 4.30. The van der Waals surface area contributed by atoms with Gasteiger partial charge in [0.05, 0.1) is 37.1 Å². The van der Waals surface area contributed by atoms with Crippen molar-refractivity contribution in [3.8, 4) is 5.75 Å². The molecule has 8 heteroatoms. The third-order valence-electron chi connectivity index (χ3n) is 4.30. The number of amides is 1. The van der Waals surface area contributed by atoms with Crippen LogP contribution >= 0.6 is 0 Å². The Labute approximate surface area is 181 Å². The summed E-state index contributed by atoms with van der Waals surface area (Å²) in [5.74, 6) is -0.214. The molecule has 2 aromatic carbocycles. The Bertz CT molecular complexity index is 916. The second-order valence-corrected chi connectivity index (χ2v) is 7.90. The molecule has 1 heterocycles. The molecule has 1 saturated heterocycles. The maximum Gasteiger partial charge on any atom is 0.412 e. The highest BCUT2D eigenvalue weighted by atomic mass is 16.7. The Morgan fingerprint density at radius 1 is 1.10 bits per heavy atom. The maximum absolute atomic E-state index is 12.4. The molecule has 0 aromatic heterocycles. The number of anilines is 1. The molecule has 1 fully saturated rings. The molecule has 1 aliphatic rings. The molecule has 0 atom stereocenters. The molecule has 3 rings (SSSR count). The highest BCUT2D eigenvalue weighted by Gasteiger charge is 2.27. The Hall–Kier alpha value is -3.10. The van der Waals surface area contributed by atoms with E-state index in [1.165, 1.54) is 7.11 Å². The zero-order valence-electron chi connectivity index (χ0n) is 18.1. The smallest absolute Gasteiger partial charge is 0.412 e. The average Bonchev–Trinajstić information content (AvgIpc) is 3.25. The molecule has 0 saturated carbocycles. The van der Waals surface area contributed by atoms with Crippen LogP contribution in [0.15, 0.2) is 42.5 Å².